The van der Waals surface area contributed by atoms with Crippen LogP contribution < -0.4 is 9.46 Å². The van der Waals surface area contributed by atoms with Crippen molar-refractivity contribution in [2.45, 2.75) is 11.7 Å². The maximum absolute atomic E-state index is 12.2. The van der Waals surface area contributed by atoms with Crippen molar-refractivity contribution in [2.24, 2.45) is 0 Å². The van der Waals surface area contributed by atoms with Gasteiger partial charge in [0, 0.05) is 9.65 Å². The first-order valence-corrected chi connectivity index (χ1v) is 8.47. The molecule has 0 spiro atoms. The molecule has 20 heavy (non-hydrogen) atoms. The highest BCUT2D eigenvalue weighted by Gasteiger charge is 2.24. The number of phenolic OH excluding ortho intramolecular Hbond substituents is 1. The SMILES string of the molecule is COc1ccc(NS(=O)(=O)C2C=CC(I)=CC2)cc1O. The Kier molecular flexibility index (Phi) is 4.59. The molecule has 2 rings (SSSR count). The molecule has 108 valence electrons. The van der Waals surface area contributed by atoms with Gasteiger partial charge in [-0.25, -0.2) is 8.42 Å². The molecule has 1 aromatic rings. The highest BCUT2D eigenvalue weighted by atomic mass is 127. The predicted octanol–water partition coefficient (Wildman–Crippen LogP) is 2.79. The van der Waals surface area contributed by atoms with E-state index >= 15 is 0 Å². The number of rotatable bonds is 4. The second kappa shape index (κ2) is 6.04. The van der Waals surface area contributed by atoms with Gasteiger partial charge in [-0.15, -0.1) is 0 Å². The number of ether oxygens (including phenoxy) is 1. The zero-order valence-electron chi connectivity index (χ0n) is 10.7. The second-order valence-electron chi connectivity index (χ2n) is 4.26. The first-order chi connectivity index (χ1) is 9.42. The number of anilines is 1. The molecule has 1 aliphatic rings. The number of hydrogen-bond donors (Lipinski definition) is 2. The van der Waals surface area contributed by atoms with E-state index in [9.17, 15) is 13.5 Å². The number of sulfonamides is 1. The summed E-state index contributed by atoms with van der Waals surface area (Å²) >= 11 is 2.14. The van der Waals surface area contributed by atoms with E-state index in [4.69, 9.17) is 4.74 Å². The van der Waals surface area contributed by atoms with Gasteiger partial charge in [-0.2, -0.15) is 0 Å². The van der Waals surface area contributed by atoms with E-state index in [-0.39, 0.29) is 5.75 Å². The van der Waals surface area contributed by atoms with Crippen molar-refractivity contribution in [1.82, 2.24) is 0 Å². The standard InChI is InChI=1S/C13H14INO4S/c1-19-13-7-4-10(8-12(13)16)15-20(17,18)11-5-2-9(14)3-6-11/h2-5,7-8,11,15-16H,6H2,1H3. The number of hydrogen-bond acceptors (Lipinski definition) is 4. The van der Waals surface area contributed by atoms with Crippen LogP contribution in [0, 0.1) is 0 Å². The van der Waals surface area contributed by atoms with E-state index in [1.54, 1.807) is 18.2 Å². The number of allylic oxidation sites excluding steroid dienone is 3. The second-order valence-corrected chi connectivity index (χ2v) is 7.40. The van der Waals surface area contributed by atoms with Gasteiger partial charge in [0.05, 0.1) is 12.8 Å². The van der Waals surface area contributed by atoms with Gasteiger partial charge in [0.25, 0.3) is 0 Å². The lowest BCUT2D eigenvalue weighted by atomic mass is 10.2. The van der Waals surface area contributed by atoms with E-state index in [1.807, 2.05) is 6.08 Å². The van der Waals surface area contributed by atoms with Gasteiger partial charge in [-0.3, -0.25) is 4.72 Å². The van der Waals surface area contributed by atoms with Crippen molar-refractivity contribution in [1.29, 1.82) is 0 Å². The summed E-state index contributed by atoms with van der Waals surface area (Å²) in [6.07, 6.45) is 5.75. The molecular weight excluding hydrogens is 393 g/mol. The van der Waals surface area contributed by atoms with Gasteiger partial charge >= 0.3 is 0 Å². The maximum Gasteiger partial charge on any atom is 0.239 e. The van der Waals surface area contributed by atoms with Crippen molar-refractivity contribution < 1.29 is 18.3 Å². The fourth-order valence-electron chi connectivity index (χ4n) is 1.80. The van der Waals surface area contributed by atoms with Crippen LogP contribution >= 0.6 is 22.6 Å². The Hall–Kier alpha value is -1.22. The van der Waals surface area contributed by atoms with Gasteiger partial charge in [0.2, 0.25) is 10.0 Å². The molecule has 7 heteroatoms. The van der Waals surface area contributed by atoms with Crippen molar-refractivity contribution in [3.63, 3.8) is 0 Å². The van der Waals surface area contributed by atoms with Crippen molar-refractivity contribution >= 4 is 38.3 Å². The van der Waals surface area contributed by atoms with Crippen LogP contribution in [0.15, 0.2) is 40.0 Å². The average Bonchev–Trinajstić information content (AvgIpc) is 2.39. The number of nitrogens with one attached hydrogen (secondary N) is 1. The highest BCUT2D eigenvalue weighted by molar-refractivity contribution is 14.1. The van der Waals surface area contributed by atoms with Gasteiger partial charge in [-0.1, -0.05) is 18.2 Å². The predicted molar refractivity (Wildman–Crippen MR) is 86.8 cm³/mol. The summed E-state index contributed by atoms with van der Waals surface area (Å²) in [5.41, 5.74) is 0.306. The molecule has 0 bridgehead atoms. The maximum atomic E-state index is 12.2. The highest BCUT2D eigenvalue weighted by Crippen LogP contribution is 2.30. The Morgan fingerprint density at radius 1 is 1.45 bits per heavy atom. The van der Waals surface area contributed by atoms with E-state index in [0.29, 0.717) is 17.9 Å². The molecule has 5 nitrogen and oxygen atoms in total. The number of phenols is 1. The third-order valence-electron chi connectivity index (χ3n) is 2.85. The third kappa shape index (κ3) is 3.45. The number of aromatic hydroxyl groups is 1. The molecule has 0 amide bonds. The van der Waals surface area contributed by atoms with Crippen molar-refractivity contribution in [3.05, 3.63) is 40.0 Å². The summed E-state index contributed by atoms with van der Waals surface area (Å²) in [4.78, 5) is 0. The zero-order chi connectivity index (χ0) is 14.8. The summed E-state index contributed by atoms with van der Waals surface area (Å²) in [6.45, 7) is 0. The fourth-order valence-corrected chi connectivity index (χ4v) is 3.50. The van der Waals surface area contributed by atoms with Crippen LogP contribution in [0.4, 0.5) is 5.69 Å². The van der Waals surface area contributed by atoms with Crippen LogP contribution in [-0.4, -0.2) is 25.9 Å². The third-order valence-corrected chi connectivity index (χ3v) is 5.32. The Morgan fingerprint density at radius 3 is 2.75 bits per heavy atom. The summed E-state index contributed by atoms with van der Waals surface area (Å²) < 4.78 is 32.8. The van der Waals surface area contributed by atoms with Gasteiger partial charge in [0.1, 0.15) is 5.25 Å². The molecular formula is C13H14INO4S. The van der Waals surface area contributed by atoms with Crippen LogP contribution in [0.5, 0.6) is 11.5 Å². The molecule has 0 saturated carbocycles. The molecule has 0 saturated heterocycles. The molecule has 0 aliphatic heterocycles. The Balaban J connectivity index is 2.17. The Labute approximate surface area is 131 Å². The van der Waals surface area contributed by atoms with E-state index < -0.39 is 15.3 Å². The first kappa shape index (κ1) is 15.2. The summed E-state index contributed by atoms with van der Waals surface area (Å²) in [5, 5.41) is 9.04. The van der Waals surface area contributed by atoms with Crippen molar-refractivity contribution in [3.8, 4) is 11.5 Å². The molecule has 0 aromatic heterocycles. The molecule has 1 atom stereocenters. The zero-order valence-corrected chi connectivity index (χ0v) is 13.7. The largest absolute Gasteiger partial charge is 0.504 e. The molecule has 1 aromatic carbocycles. The number of benzene rings is 1. The molecule has 2 N–H and O–H groups in total. The lowest BCUT2D eigenvalue weighted by Gasteiger charge is -2.17. The summed E-state index contributed by atoms with van der Waals surface area (Å²) in [6, 6.07) is 4.37. The Bertz CT molecular complexity index is 667. The Morgan fingerprint density at radius 2 is 2.20 bits per heavy atom. The topological polar surface area (TPSA) is 75.6 Å². The fraction of sp³-hybridized carbons (Fsp3) is 0.231. The minimum absolute atomic E-state index is 0.110. The quantitative estimate of drug-likeness (QED) is 0.753. The number of methoxy groups -OCH3 is 1. The molecule has 1 aliphatic carbocycles. The smallest absolute Gasteiger partial charge is 0.239 e. The number of halogens is 1. The van der Waals surface area contributed by atoms with Crippen LogP contribution in [0.1, 0.15) is 6.42 Å². The average molecular weight is 407 g/mol. The molecule has 0 heterocycles. The first-order valence-electron chi connectivity index (χ1n) is 5.85. The van der Waals surface area contributed by atoms with Gasteiger partial charge in [-0.05, 0) is 41.1 Å². The summed E-state index contributed by atoms with van der Waals surface area (Å²) in [7, 11) is -2.10. The van der Waals surface area contributed by atoms with Gasteiger partial charge in [0.15, 0.2) is 11.5 Å². The molecule has 1 unspecified atom stereocenters. The van der Waals surface area contributed by atoms with Crippen LogP contribution in [0.2, 0.25) is 0 Å². The van der Waals surface area contributed by atoms with Crippen molar-refractivity contribution in [2.75, 3.05) is 11.8 Å². The molecule has 0 radical (unpaired) electrons. The van der Waals surface area contributed by atoms with Gasteiger partial charge < -0.3 is 9.84 Å². The lowest BCUT2D eigenvalue weighted by molar-refractivity contribution is 0.373. The van der Waals surface area contributed by atoms with Crippen LogP contribution in [-0.2, 0) is 10.0 Å². The minimum Gasteiger partial charge on any atom is -0.504 e. The molecule has 0 fully saturated rings. The van der Waals surface area contributed by atoms with E-state index in [1.165, 1.54) is 19.2 Å². The minimum atomic E-state index is -3.53. The van der Waals surface area contributed by atoms with Crippen LogP contribution in [0.25, 0.3) is 0 Å². The monoisotopic (exact) mass is 407 g/mol. The lowest BCUT2D eigenvalue weighted by Crippen LogP contribution is -2.26. The normalized spacial score (nSPS) is 18.5. The van der Waals surface area contributed by atoms with Crippen LogP contribution in [0.3, 0.4) is 0 Å². The summed E-state index contributed by atoms with van der Waals surface area (Å²) in [5.74, 6) is 0.185. The van der Waals surface area contributed by atoms with E-state index in [0.717, 1.165) is 3.58 Å². The van der Waals surface area contributed by atoms with E-state index in [2.05, 4.69) is 27.3 Å².